The number of benzene rings is 4. The monoisotopic (exact) mass is 502 g/mol. The zero-order valence-corrected chi connectivity index (χ0v) is 20.7. The lowest BCUT2D eigenvalue weighted by Gasteiger charge is -2.11. The van der Waals surface area contributed by atoms with Crippen molar-refractivity contribution in [2.45, 2.75) is 6.54 Å². The van der Waals surface area contributed by atoms with Crippen LogP contribution in [0.25, 0.3) is 27.8 Å². The Balaban J connectivity index is 1.29. The summed E-state index contributed by atoms with van der Waals surface area (Å²) in [6.07, 6.45) is 3.78. The Kier molecular flexibility index (Phi) is 5.94. The molecule has 1 saturated heterocycles. The van der Waals surface area contributed by atoms with E-state index in [0.717, 1.165) is 33.1 Å². The maximum Gasteiger partial charge on any atom is 0.293 e. The topological polar surface area (TPSA) is 59.4 Å². The van der Waals surface area contributed by atoms with Gasteiger partial charge in [0.05, 0.1) is 11.4 Å². The van der Waals surface area contributed by atoms with Crippen LogP contribution in [0.3, 0.4) is 0 Å². The zero-order valence-electron chi connectivity index (χ0n) is 19.8. The highest BCUT2D eigenvalue weighted by Crippen LogP contribution is 2.34. The third-order valence-corrected chi connectivity index (χ3v) is 7.45. The number of rotatable bonds is 6. The molecule has 6 rings (SSSR count). The van der Waals surface area contributed by atoms with E-state index >= 15 is 0 Å². The maximum absolute atomic E-state index is 13.1. The first-order chi connectivity index (χ1) is 18.1. The molecule has 0 aliphatic carbocycles. The van der Waals surface area contributed by atoms with Crippen LogP contribution >= 0.6 is 11.8 Å². The van der Waals surface area contributed by atoms with Crippen molar-refractivity contribution in [1.82, 2.24) is 9.47 Å². The Morgan fingerprint density at radius 1 is 0.811 bits per heavy atom. The molecule has 1 aliphatic rings. The molecule has 1 aliphatic heterocycles. The van der Waals surface area contributed by atoms with E-state index in [2.05, 4.69) is 41.0 Å². The number of hydrogen-bond donors (Lipinski definition) is 0. The van der Waals surface area contributed by atoms with Gasteiger partial charge < -0.3 is 4.57 Å². The SMILES string of the molecule is O=C(CN1C(=O)S/C(=C\c2cn(Cc3ccc4ccccc4c3)c3ccccc23)C1=O)c1ccccc1. The molecular formula is C31H22N2O3S. The van der Waals surface area contributed by atoms with Crippen LogP contribution in [-0.4, -0.2) is 32.9 Å². The summed E-state index contributed by atoms with van der Waals surface area (Å²) in [6.45, 7) is 0.405. The Labute approximate surface area is 218 Å². The molecule has 0 spiro atoms. The number of aromatic nitrogens is 1. The third kappa shape index (κ3) is 4.47. The minimum atomic E-state index is -0.439. The molecule has 0 atom stereocenters. The van der Waals surface area contributed by atoms with Gasteiger partial charge in [-0.05, 0) is 46.3 Å². The van der Waals surface area contributed by atoms with E-state index in [0.29, 0.717) is 17.0 Å². The molecule has 1 fully saturated rings. The summed E-state index contributed by atoms with van der Waals surface area (Å²) in [5.41, 5.74) is 3.55. The van der Waals surface area contributed by atoms with Gasteiger partial charge in [0.1, 0.15) is 0 Å². The number of nitrogens with zero attached hydrogens (tertiary/aromatic N) is 2. The number of ketones is 1. The van der Waals surface area contributed by atoms with Gasteiger partial charge in [0.2, 0.25) is 0 Å². The lowest BCUT2D eigenvalue weighted by atomic mass is 10.1. The van der Waals surface area contributed by atoms with Crippen molar-refractivity contribution in [3.05, 3.63) is 125 Å². The second-order valence-corrected chi connectivity index (χ2v) is 9.96. The van der Waals surface area contributed by atoms with E-state index in [1.165, 1.54) is 16.3 Å². The average molecular weight is 503 g/mol. The number of thioether (sulfide) groups is 1. The first-order valence-electron chi connectivity index (χ1n) is 12.0. The summed E-state index contributed by atoms with van der Waals surface area (Å²) >= 11 is 0.874. The Morgan fingerprint density at radius 3 is 2.38 bits per heavy atom. The molecule has 0 bridgehead atoms. The maximum atomic E-state index is 13.1. The highest BCUT2D eigenvalue weighted by Gasteiger charge is 2.36. The lowest BCUT2D eigenvalue weighted by Crippen LogP contribution is -2.33. The largest absolute Gasteiger partial charge is 0.342 e. The molecule has 0 N–H and O–H groups in total. The first kappa shape index (κ1) is 23.0. The highest BCUT2D eigenvalue weighted by molar-refractivity contribution is 8.18. The molecule has 5 aromatic rings. The van der Waals surface area contributed by atoms with E-state index in [4.69, 9.17) is 0 Å². The number of amides is 2. The van der Waals surface area contributed by atoms with Gasteiger partial charge in [-0.1, -0.05) is 84.9 Å². The van der Waals surface area contributed by atoms with Gasteiger partial charge in [0.25, 0.3) is 11.1 Å². The van der Waals surface area contributed by atoms with E-state index in [1.807, 2.05) is 42.6 Å². The fourth-order valence-corrected chi connectivity index (χ4v) is 5.52. The normalized spacial score (nSPS) is 14.8. The predicted octanol–water partition coefficient (Wildman–Crippen LogP) is 6.76. The van der Waals surface area contributed by atoms with Gasteiger partial charge in [-0.2, -0.15) is 0 Å². The van der Waals surface area contributed by atoms with Crippen LogP contribution in [0.15, 0.2) is 108 Å². The number of fused-ring (bicyclic) bond motifs is 2. The van der Waals surface area contributed by atoms with E-state index in [-0.39, 0.29) is 12.3 Å². The van der Waals surface area contributed by atoms with Crippen LogP contribution in [0, 0.1) is 0 Å². The molecule has 37 heavy (non-hydrogen) atoms. The molecule has 6 heteroatoms. The standard InChI is InChI=1S/C31H22N2O3S/c34-28(23-9-2-1-3-10-23)20-33-30(35)29(37-31(33)36)17-25-19-32(27-13-7-6-12-26(25)27)18-21-14-15-22-8-4-5-11-24(22)16-21/h1-17,19H,18,20H2/b29-17-. The van der Waals surface area contributed by atoms with Gasteiger partial charge >= 0.3 is 0 Å². The van der Waals surface area contributed by atoms with Crippen LogP contribution in [0.1, 0.15) is 21.5 Å². The minimum absolute atomic E-state index is 0.267. The third-order valence-electron chi connectivity index (χ3n) is 6.54. The van der Waals surface area contributed by atoms with Gasteiger partial charge in [-0.15, -0.1) is 0 Å². The van der Waals surface area contributed by atoms with Crippen molar-refractivity contribution in [3.63, 3.8) is 0 Å². The molecule has 180 valence electrons. The van der Waals surface area contributed by atoms with E-state index in [9.17, 15) is 14.4 Å². The lowest BCUT2D eigenvalue weighted by molar-refractivity contribution is -0.122. The van der Waals surface area contributed by atoms with Gasteiger partial charge in [0, 0.05) is 34.8 Å². The van der Waals surface area contributed by atoms with Crippen molar-refractivity contribution in [2.75, 3.05) is 6.54 Å². The number of Topliss-reactive ketones (excluding diaryl/α,β-unsaturated/α-hetero) is 1. The first-order valence-corrected chi connectivity index (χ1v) is 12.8. The summed E-state index contributed by atoms with van der Waals surface area (Å²) in [4.78, 5) is 39.7. The number of carbonyl (C=O) groups is 3. The predicted molar refractivity (Wildman–Crippen MR) is 148 cm³/mol. The second kappa shape index (κ2) is 9.56. The van der Waals surface area contributed by atoms with Crippen molar-refractivity contribution < 1.29 is 14.4 Å². The van der Waals surface area contributed by atoms with Crippen LogP contribution in [-0.2, 0) is 11.3 Å². The molecule has 1 aromatic heterocycles. The van der Waals surface area contributed by atoms with Crippen molar-refractivity contribution in [1.29, 1.82) is 0 Å². The van der Waals surface area contributed by atoms with Crippen molar-refractivity contribution >= 4 is 56.4 Å². The summed E-state index contributed by atoms with van der Waals surface area (Å²) in [5, 5.41) is 2.96. The van der Waals surface area contributed by atoms with Crippen molar-refractivity contribution in [2.24, 2.45) is 0 Å². The molecule has 4 aromatic carbocycles. The highest BCUT2D eigenvalue weighted by atomic mass is 32.2. The average Bonchev–Trinajstić information content (AvgIpc) is 3.40. The summed E-state index contributed by atoms with van der Waals surface area (Å²) in [6, 6.07) is 31.5. The van der Waals surface area contributed by atoms with Crippen LogP contribution in [0.4, 0.5) is 4.79 Å². The van der Waals surface area contributed by atoms with Crippen molar-refractivity contribution in [3.8, 4) is 0 Å². The smallest absolute Gasteiger partial charge is 0.293 e. The molecule has 2 amide bonds. The molecule has 0 unspecified atom stereocenters. The number of imide groups is 1. The van der Waals surface area contributed by atoms with Gasteiger partial charge in [-0.3, -0.25) is 19.3 Å². The number of carbonyl (C=O) groups excluding carboxylic acids is 3. The summed E-state index contributed by atoms with van der Waals surface area (Å²) in [5.74, 6) is -0.707. The number of para-hydroxylation sites is 1. The Morgan fingerprint density at radius 2 is 1.54 bits per heavy atom. The minimum Gasteiger partial charge on any atom is -0.342 e. The Hall–Kier alpha value is -4.42. The quantitative estimate of drug-likeness (QED) is 0.190. The molecule has 2 heterocycles. The molecule has 0 saturated carbocycles. The van der Waals surface area contributed by atoms with Crippen LogP contribution in [0.2, 0.25) is 0 Å². The Bertz CT molecular complexity index is 1720. The zero-order chi connectivity index (χ0) is 25.4. The fraction of sp³-hybridized carbons (Fsp3) is 0.0645. The summed E-state index contributed by atoms with van der Waals surface area (Å²) < 4.78 is 2.16. The van der Waals surface area contributed by atoms with E-state index in [1.54, 1.807) is 30.3 Å². The van der Waals surface area contributed by atoms with E-state index < -0.39 is 11.1 Å². The van der Waals surface area contributed by atoms with Gasteiger partial charge in [0.15, 0.2) is 5.78 Å². The fourth-order valence-electron chi connectivity index (χ4n) is 4.69. The number of hydrogen-bond acceptors (Lipinski definition) is 4. The van der Waals surface area contributed by atoms with Gasteiger partial charge in [-0.25, -0.2) is 0 Å². The second-order valence-electron chi connectivity index (χ2n) is 8.97. The summed E-state index contributed by atoms with van der Waals surface area (Å²) in [7, 11) is 0. The molecular weight excluding hydrogens is 480 g/mol. The molecule has 0 radical (unpaired) electrons. The molecule has 5 nitrogen and oxygen atoms in total. The van der Waals surface area contributed by atoms with Crippen LogP contribution in [0.5, 0.6) is 0 Å². The van der Waals surface area contributed by atoms with Crippen LogP contribution < -0.4 is 0 Å².